The summed E-state index contributed by atoms with van der Waals surface area (Å²) >= 11 is 0. The molecule has 1 unspecified atom stereocenters. The van der Waals surface area contributed by atoms with Crippen LogP contribution >= 0.6 is 0 Å². The highest BCUT2D eigenvalue weighted by molar-refractivity contribution is 5.93. The van der Waals surface area contributed by atoms with Crippen LogP contribution in [0.15, 0.2) is 18.2 Å². The van der Waals surface area contributed by atoms with E-state index in [2.05, 4.69) is 11.8 Å². The Bertz CT molecular complexity index is 542. The van der Waals surface area contributed by atoms with Crippen LogP contribution in [0, 0.1) is 10.1 Å². The van der Waals surface area contributed by atoms with Crippen LogP contribution in [0.3, 0.4) is 0 Å². The van der Waals surface area contributed by atoms with Gasteiger partial charge in [-0.05, 0) is 37.8 Å². The predicted molar refractivity (Wildman–Crippen MR) is 79.9 cm³/mol. The lowest BCUT2D eigenvalue weighted by Crippen LogP contribution is -2.39. The summed E-state index contributed by atoms with van der Waals surface area (Å²) in [6, 6.07) is 4.80. The first-order valence-corrected chi connectivity index (χ1v) is 7.33. The molecule has 0 radical (unpaired) electrons. The third kappa shape index (κ3) is 3.32. The summed E-state index contributed by atoms with van der Waals surface area (Å²) in [6.45, 7) is 3.01. The summed E-state index contributed by atoms with van der Waals surface area (Å²) in [6.07, 6.45) is 5.46. The van der Waals surface area contributed by atoms with Gasteiger partial charge in [0, 0.05) is 24.3 Å². The number of carboxylic acids is 1. The van der Waals surface area contributed by atoms with Gasteiger partial charge in [0.05, 0.1) is 4.92 Å². The zero-order valence-electron chi connectivity index (χ0n) is 12.1. The summed E-state index contributed by atoms with van der Waals surface area (Å²) < 4.78 is 0. The van der Waals surface area contributed by atoms with E-state index in [-0.39, 0.29) is 11.3 Å². The van der Waals surface area contributed by atoms with Crippen molar-refractivity contribution in [3.8, 4) is 0 Å². The number of hydrogen-bond donors (Lipinski definition) is 1. The number of nitro benzene ring substituents is 1. The summed E-state index contributed by atoms with van der Waals surface area (Å²) in [4.78, 5) is 23.7. The highest BCUT2D eigenvalue weighted by atomic mass is 16.6. The van der Waals surface area contributed by atoms with E-state index < -0.39 is 10.9 Å². The quantitative estimate of drug-likeness (QED) is 0.663. The molecule has 0 spiro atoms. The van der Waals surface area contributed by atoms with Crippen molar-refractivity contribution in [3.63, 3.8) is 0 Å². The molecule has 1 atom stereocenters. The third-order valence-corrected chi connectivity index (χ3v) is 3.99. The first-order chi connectivity index (χ1) is 10.0. The molecule has 1 fully saturated rings. The summed E-state index contributed by atoms with van der Waals surface area (Å²) in [5.74, 6) is -1.26. The molecule has 1 heterocycles. The maximum absolute atomic E-state index is 11.2. The lowest BCUT2D eigenvalue weighted by molar-refractivity contribution is -0.385. The first-order valence-electron chi connectivity index (χ1n) is 7.33. The second kappa shape index (κ2) is 6.56. The highest BCUT2D eigenvalue weighted by Crippen LogP contribution is 2.31. The van der Waals surface area contributed by atoms with Crippen LogP contribution in [0.5, 0.6) is 0 Å². The van der Waals surface area contributed by atoms with E-state index in [4.69, 9.17) is 0 Å². The van der Waals surface area contributed by atoms with Gasteiger partial charge in [-0.3, -0.25) is 10.1 Å². The van der Waals surface area contributed by atoms with E-state index in [1.807, 2.05) is 0 Å². The summed E-state index contributed by atoms with van der Waals surface area (Å²) in [7, 11) is 0. The van der Waals surface area contributed by atoms with Crippen molar-refractivity contribution in [2.24, 2.45) is 0 Å². The molecule has 21 heavy (non-hydrogen) atoms. The number of hydrogen-bond acceptors (Lipinski definition) is 4. The number of nitro groups is 1. The highest BCUT2D eigenvalue weighted by Gasteiger charge is 2.26. The van der Waals surface area contributed by atoms with Crippen molar-refractivity contribution in [2.45, 2.75) is 45.1 Å². The van der Waals surface area contributed by atoms with Gasteiger partial charge in [-0.1, -0.05) is 13.3 Å². The van der Waals surface area contributed by atoms with Gasteiger partial charge in [0.2, 0.25) is 0 Å². The molecular formula is C15H20N2O4. The van der Waals surface area contributed by atoms with Gasteiger partial charge in [-0.15, -0.1) is 0 Å². The molecule has 1 aromatic carbocycles. The zero-order valence-corrected chi connectivity index (χ0v) is 12.1. The maximum Gasteiger partial charge on any atom is 0.342 e. The van der Waals surface area contributed by atoms with Crippen molar-refractivity contribution in [1.29, 1.82) is 0 Å². The van der Waals surface area contributed by atoms with Gasteiger partial charge < -0.3 is 10.0 Å². The molecule has 6 nitrogen and oxygen atoms in total. The van der Waals surface area contributed by atoms with Crippen LogP contribution in [0.25, 0.3) is 0 Å². The maximum atomic E-state index is 11.2. The van der Waals surface area contributed by atoms with Gasteiger partial charge in [0.15, 0.2) is 0 Å². The van der Waals surface area contributed by atoms with Crippen molar-refractivity contribution < 1.29 is 14.8 Å². The Morgan fingerprint density at radius 2 is 2.24 bits per heavy atom. The molecule has 1 N–H and O–H groups in total. The molecule has 0 saturated carbocycles. The van der Waals surface area contributed by atoms with E-state index >= 15 is 0 Å². The standard InChI is InChI=1S/C15H20N2O4/c1-2-5-11-6-3-4-9-16(11)12-7-8-14(17(20)21)13(10-12)15(18)19/h7-8,10-11H,2-6,9H2,1H3,(H,18,19). The van der Waals surface area contributed by atoms with Crippen molar-refractivity contribution in [2.75, 3.05) is 11.4 Å². The van der Waals surface area contributed by atoms with Crippen molar-refractivity contribution >= 4 is 17.3 Å². The van der Waals surface area contributed by atoms with Crippen LogP contribution in [-0.4, -0.2) is 28.6 Å². The fourth-order valence-corrected chi connectivity index (χ4v) is 3.01. The molecule has 1 aromatic rings. The van der Waals surface area contributed by atoms with Crippen LogP contribution in [0.1, 0.15) is 49.4 Å². The Kier molecular flexibility index (Phi) is 4.77. The molecule has 1 aliphatic rings. The Morgan fingerprint density at radius 1 is 1.48 bits per heavy atom. The number of rotatable bonds is 5. The Morgan fingerprint density at radius 3 is 2.86 bits per heavy atom. The summed E-state index contributed by atoms with van der Waals surface area (Å²) in [5, 5.41) is 20.1. The van der Waals surface area contributed by atoms with E-state index in [9.17, 15) is 20.0 Å². The topological polar surface area (TPSA) is 83.7 Å². The molecule has 114 valence electrons. The number of benzene rings is 1. The lowest BCUT2D eigenvalue weighted by Gasteiger charge is -2.37. The number of carboxylic acid groups (broad SMARTS) is 1. The fraction of sp³-hybridized carbons (Fsp3) is 0.533. The van der Waals surface area contributed by atoms with E-state index in [0.717, 1.165) is 37.9 Å². The SMILES string of the molecule is CCCC1CCCCN1c1ccc([N+](=O)[O-])c(C(=O)O)c1. The molecule has 0 aliphatic carbocycles. The van der Waals surface area contributed by atoms with Gasteiger partial charge in [0.25, 0.3) is 5.69 Å². The largest absolute Gasteiger partial charge is 0.477 e. The van der Waals surface area contributed by atoms with E-state index in [1.165, 1.54) is 18.6 Å². The third-order valence-electron chi connectivity index (χ3n) is 3.99. The summed E-state index contributed by atoms with van der Waals surface area (Å²) in [5.41, 5.74) is 0.185. The number of aromatic carboxylic acids is 1. The van der Waals surface area contributed by atoms with Crippen LogP contribution < -0.4 is 4.90 Å². The number of nitrogens with zero attached hydrogens (tertiary/aromatic N) is 2. The molecule has 0 amide bonds. The normalized spacial score (nSPS) is 18.5. The molecule has 1 saturated heterocycles. The molecular weight excluding hydrogens is 272 g/mol. The number of piperidine rings is 1. The smallest absolute Gasteiger partial charge is 0.342 e. The second-order valence-corrected chi connectivity index (χ2v) is 5.40. The number of anilines is 1. The van der Waals surface area contributed by atoms with Crippen LogP contribution in [0.4, 0.5) is 11.4 Å². The van der Waals surface area contributed by atoms with Crippen molar-refractivity contribution in [1.82, 2.24) is 0 Å². The lowest BCUT2D eigenvalue weighted by atomic mass is 9.97. The van der Waals surface area contributed by atoms with E-state index in [1.54, 1.807) is 6.07 Å². The number of carbonyl (C=O) groups is 1. The van der Waals surface area contributed by atoms with Gasteiger partial charge in [-0.2, -0.15) is 0 Å². The van der Waals surface area contributed by atoms with Crippen LogP contribution in [0.2, 0.25) is 0 Å². The molecule has 1 aliphatic heterocycles. The zero-order chi connectivity index (χ0) is 15.4. The average molecular weight is 292 g/mol. The molecule has 0 bridgehead atoms. The van der Waals surface area contributed by atoms with Gasteiger partial charge in [0.1, 0.15) is 5.56 Å². The van der Waals surface area contributed by atoms with E-state index in [0.29, 0.717) is 6.04 Å². The Balaban J connectivity index is 2.36. The molecule has 2 rings (SSSR count). The second-order valence-electron chi connectivity index (χ2n) is 5.40. The molecule has 0 aromatic heterocycles. The minimum atomic E-state index is -1.26. The minimum absolute atomic E-state index is 0.238. The van der Waals surface area contributed by atoms with Gasteiger partial charge >= 0.3 is 5.97 Å². The monoisotopic (exact) mass is 292 g/mol. The Hall–Kier alpha value is -2.11. The van der Waals surface area contributed by atoms with Crippen LogP contribution in [-0.2, 0) is 0 Å². The molecule has 6 heteroatoms. The first kappa shape index (κ1) is 15.3. The average Bonchev–Trinajstić information content (AvgIpc) is 2.47. The minimum Gasteiger partial charge on any atom is -0.477 e. The van der Waals surface area contributed by atoms with Crippen molar-refractivity contribution in [3.05, 3.63) is 33.9 Å². The predicted octanol–water partition coefficient (Wildman–Crippen LogP) is 3.45. The fourth-order valence-electron chi connectivity index (χ4n) is 3.01. The van der Waals surface area contributed by atoms with Gasteiger partial charge in [-0.25, -0.2) is 4.79 Å². The Labute approximate surface area is 123 Å².